The van der Waals surface area contributed by atoms with Crippen molar-refractivity contribution < 1.29 is 22.7 Å². The molecule has 0 aliphatic rings. The zero-order valence-corrected chi connectivity index (χ0v) is 10.1. The quantitative estimate of drug-likeness (QED) is 0.850. The molecule has 1 amide bonds. The van der Waals surface area contributed by atoms with Crippen LogP contribution >= 0.6 is 0 Å². The third kappa shape index (κ3) is 5.29. The highest BCUT2D eigenvalue weighted by Gasteiger charge is 2.30. The second kappa shape index (κ2) is 6.09. The predicted molar refractivity (Wildman–Crippen MR) is 60.0 cm³/mol. The lowest BCUT2D eigenvalue weighted by Gasteiger charge is -2.17. The van der Waals surface area contributed by atoms with E-state index in [2.05, 4.69) is 4.74 Å². The summed E-state index contributed by atoms with van der Waals surface area (Å²) in [7, 11) is 1.33. The van der Waals surface area contributed by atoms with Crippen LogP contribution < -0.4 is 0 Å². The predicted octanol–water partition coefficient (Wildman–Crippen LogP) is 2.69. The molecule has 4 nitrogen and oxygen atoms in total. The summed E-state index contributed by atoms with van der Waals surface area (Å²) in [5.41, 5.74) is 1.15. The molecule has 0 aliphatic heterocycles. The van der Waals surface area contributed by atoms with Gasteiger partial charge in [0, 0.05) is 13.6 Å². The minimum atomic E-state index is -4.54. The molecule has 0 unspecified atom stereocenters. The first-order chi connectivity index (χ1) is 8.81. The lowest BCUT2D eigenvalue weighted by atomic mass is 10.1. The molecule has 0 N–H and O–H groups in total. The summed E-state index contributed by atoms with van der Waals surface area (Å²) in [6.07, 6.45) is -5.59. The van der Waals surface area contributed by atoms with Crippen LogP contribution in [0.1, 0.15) is 11.1 Å². The second-order valence-electron chi connectivity index (χ2n) is 3.83. The lowest BCUT2D eigenvalue weighted by Crippen LogP contribution is -2.30. The van der Waals surface area contributed by atoms with Crippen LogP contribution in [-0.2, 0) is 11.3 Å². The monoisotopic (exact) mass is 272 g/mol. The van der Waals surface area contributed by atoms with E-state index >= 15 is 0 Å². The molecule has 1 rings (SSSR count). The fraction of sp³-hybridized carbons (Fsp3) is 0.333. The first-order valence-corrected chi connectivity index (χ1v) is 5.25. The third-order valence-corrected chi connectivity index (χ3v) is 2.17. The Morgan fingerprint density at radius 1 is 1.37 bits per heavy atom. The Bertz CT molecular complexity index is 477. The van der Waals surface area contributed by atoms with E-state index in [9.17, 15) is 18.0 Å². The highest BCUT2D eigenvalue weighted by atomic mass is 19.4. The summed E-state index contributed by atoms with van der Waals surface area (Å²) >= 11 is 0. The maximum Gasteiger partial charge on any atom is 0.422 e. The van der Waals surface area contributed by atoms with Crippen LogP contribution in [0.5, 0.6) is 0 Å². The Morgan fingerprint density at radius 3 is 2.42 bits per heavy atom. The van der Waals surface area contributed by atoms with Gasteiger partial charge < -0.3 is 9.64 Å². The first kappa shape index (κ1) is 14.8. The van der Waals surface area contributed by atoms with Crippen LogP contribution in [0, 0.1) is 11.3 Å². The van der Waals surface area contributed by atoms with Crippen LogP contribution in [0.15, 0.2) is 24.3 Å². The number of nitriles is 1. The van der Waals surface area contributed by atoms with E-state index in [-0.39, 0.29) is 6.54 Å². The number of alkyl halides is 3. The van der Waals surface area contributed by atoms with Gasteiger partial charge in [-0.3, -0.25) is 0 Å². The molecule has 0 fully saturated rings. The third-order valence-electron chi connectivity index (χ3n) is 2.17. The van der Waals surface area contributed by atoms with E-state index in [1.54, 1.807) is 24.3 Å². The minimum absolute atomic E-state index is 0.0996. The normalized spacial score (nSPS) is 10.7. The van der Waals surface area contributed by atoms with E-state index in [1.807, 2.05) is 6.07 Å². The van der Waals surface area contributed by atoms with Gasteiger partial charge in [-0.1, -0.05) is 12.1 Å². The van der Waals surface area contributed by atoms with Crippen molar-refractivity contribution in [3.63, 3.8) is 0 Å². The van der Waals surface area contributed by atoms with Crippen molar-refractivity contribution in [2.24, 2.45) is 0 Å². The summed E-state index contributed by atoms with van der Waals surface area (Å²) in [6.45, 7) is -1.51. The number of amides is 1. The molecule has 0 saturated heterocycles. The summed E-state index contributed by atoms with van der Waals surface area (Å²) in [6, 6.07) is 8.29. The van der Waals surface area contributed by atoms with Gasteiger partial charge in [0.2, 0.25) is 0 Å². The molecular formula is C12H11F3N2O2. The van der Waals surface area contributed by atoms with E-state index in [0.717, 1.165) is 4.90 Å². The summed E-state index contributed by atoms with van der Waals surface area (Å²) in [5, 5.41) is 8.60. The van der Waals surface area contributed by atoms with Crippen molar-refractivity contribution in [3.8, 4) is 6.07 Å². The fourth-order valence-corrected chi connectivity index (χ4v) is 1.28. The molecule has 0 aromatic heterocycles. The maximum absolute atomic E-state index is 11.9. The Balaban J connectivity index is 2.51. The van der Waals surface area contributed by atoms with Crippen LogP contribution in [0.4, 0.5) is 18.0 Å². The fourth-order valence-electron chi connectivity index (χ4n) is 1.28. The number of nitrogens with zero attached hydrogens (tertiary/aromatic N) is 2. The number of carbonyl (C=O) groups excluding carboxylic acids is 1. The van der Waals surface area contributed by atoms with Crippen LogP contribution in [-0.4, -0.2) is 30.8 Å². The molecular weight excluding hydrogens is 261 g/mol. The average Bonchev–Trinajstić information content (AvgIpc) is 2.36. The molecule has 7 heteroatoms. The largest absolute Gasteiger partial charge is 0.440 e. The molecule has 0 aliphatic carbocycles. The molecule has 0 bridgehead atoms. The molecule has 1 aromatic rings. The highest BCUT2D eigenvalue weighted by Crippen LogP contribution is 2.15. The molecule has 0 atom stereocenters. The smallest absolute Gasteiger partial charge is 0.422 e. The van der Waals surface area contributed by atoms with E-state index in [1.165, 1.54) is 7.05 Å². The van der Waals surface area contributed by atoms with Crippen molar-refractivity contribution >= 4 is 6.09 Å². The molecule has 1 aromatic carbocycles. The number of rotatable bonds is 3. The SMILES string of the molecule is CN(Cc1ccc(C#N)cc1)C(=O)OCC(F)(F)F. The number of benzene rings is 1. The van der Waals surface area contributed by atoms with Crippen molar-refractivity contribution in [2.45, 2.75) is 12.7 Å². The van der Waals surface area contributed by atoms with Gasteiger partial charge >= 0.3 is 12.3 Å². The summed E-state index contributed by atoms with van der Waals surface area (Å²) < 4.78 is 39.7. The second-order valence-corrected chi connectivity index (χ2v) is 3.83. The zero-order valence-electron chi connectivity index (χ0n) is 10.1. The molecule has 102 valence electrons. The lowest BCUT2D eigenvalue weighted by molar-refractivity contribution is -0.162. The van der Waals surface area contributed by atoms with Crippen molar-refractivity contribution in [2.75, 3.05) is 13.7 Å². The Kier molecular flexibility index (Phi) is 4.75. The summed E-state index contributed by atoms with van der Waals surface area (Å²) in [4.78, 5) is 12.3. The molecule has 0 heterocycles. The van der Waals surface area contributed by atoms with Crippen molar-refractivity contribution in [3.05, 3.63) is 35.4 Å². The number of ether oxygens (including phenoxy) is 1. The van der Waals surface area contributed by atoms with Crippen LogP contribution in [0.3, 0.4) is 0 Å². The average molecular weight is 272 g/mol. The maximum atomic E-state index is 11.9. The topological polar surface area (TPSA) is 53.3 Å². The van der Waals surface area contributed by atoms with Gasteiger partial charge in [-0.15, -0.1) is 0 Å². The Morgan fingerprint density at radius 2 is 1.95 bits per heavy atom. The van der Waals surface area contributed by atoms with Gasteiger partial charge in [-0.25, -0.2) is 4.79 Å². The first-order valence-electron chi connectivity index (χ1n) is 5.25. The number of hydrogen-bond acceptors (Lipinski definition) is 3. The van der Waals surface area contributed by atoms with Gasteiger partial charge in [-0.2, -0.15) is 18.4 Å². The molecule has 19 heavy (non-hydrogen) atoms. The van der Waals surface area contributed by atoms with Gasteiger partial charge in [0.25, 0.3) is 0 Å². The molecule has 0 saturated carbocycles. The zero-order chi connectivity index (χ0) is 14.5. The van der Waals surface area contributed by atoms with E-state index in [4.69, 9.17) is 5.26 Å². The van der Waals surface area contributed by atoms with Gasteiger partial charge in [0.1, 0.15) is 0 Å². The van der Waals surface area contributed by atoms with Gasteiger partial charge in [0.15, 0.2) is 6.61 Å². The van der Waals surface area contributed by atoms with Crippen LogP contribution in [0.25, 0.3) is 0 Å². The Labute approximate surface area is 108 Å². The number of halogens is 3. The van der Waals surface area contributed by atoms with Crippen LogP contribution in [0.2, 0.25) is 0 Å². The molecule has 0 spiro atoms. The standard InChI is InChI=1S/C12H11F3N2O2/c1-17(11(18)19-8-12(13,14)15)7-10-4-2-9(6-16)3-5-10/h2-5H,7-8H2,1H3. The van der Waals surface area contributed by atoms with Crippen molar-refractivity contribution in [1.82, 2.24) is 4.90 Å². The van der Waals surface area contributed by atoms with Gasteiger partial charge in [0.05, 0.1) is 11.6 Å². The van der Waals surface area contributed by atoms with E-state index < -0.39 is 18.9 Å². The number of hydrogen-bond donors (Lipinski definition) is 0. The highest BCUT2D eigenvalue weighted by molar-refractivity contribution is 5.67. The van der Waals surface area contributed by atoms with E-state index in [0.29, 0.717) is 11.1 Å². The molecule has 0 radical (unpaired) electrons. The van der Waals surface area contributed by atoms with Gasteiger partial charge in [-0.05, 0) is 17.7 Å². The van der Waals surface area contributed by atoms with Crippen molar-refractivity contribution in [1.29, 1.82) is 5.26 Å². The summed E-state index contributed by atoms with van der Waals surface area (Å²) in [5.74, 6) is 0. The number of carbonyl (C=O) groups is 1. The minimum Gasteiger partial charge on any atom is -0.440 e. The Hall–Kier alpha value is -2.23.